The Hall–Kier alpha value is -2.63. The lowest BCUT2D eigenvalue weighted by atomic mass is 10.3. The maximum Gasteiger partial charge on any atom is 0.213 e. The van der Waals surface area contributed by atoms with E-state index in [1.807, 2.05) is 41.1 Å². The van der Waals surface area contributed by atoms with Gasteiger partial charge >= 0.3 is 0 Å². The van der Waals surface area contributed by atoms with Crippen molar-refractivity contribution in [2.45, 2.75) is 13.0 Å². The van der Waals surface area contributed by atoms with Crippen LogP contribution in [-0.2, 0) is 6.54 Å². The highest BCUT2D eigenvalue weighted by atomic mass is 16.5. The van der Waals surface area contributed by atoms with Gasteiger partial charge in [0.15, 0.2) is 0 Å². The first kappa shape index (κ1) is 13.4. The van der Waals surface area contributed by atoms with Crippen molar-refractivity contribution in [1.29, 1.82) is 0 Å². The molecule has 3 aromatic rings. The van der Waals surface area contributed by atoms with Crippen LogP contribution >= 0.6 is 0 Å². The summed E-state index contributed by atoms with van der Waals surface area (Å²) in [5.41, 5.74) is 2.99. The lowest BCUT2D eigenvalue weighted by Crippen LogP contribution is -2.08. The molecule has 0 bridgehead atoms. The summed E-state index contributed by atoms with van der Waals surface area (Å²) in [6.07, 6.45) is 2.73. The molecule has 0 saturated heterocycles. The van der Waals surface area contributed by atoms with Crippen LogP contribution in [0, 0.1) is 0 Å². The van der Waals surface area contributed by atoms with Gasteiger partial charge in [0.1, 0.15) is 5.52 Å². The topological polar surface area (TPSA) is 64.9 Å². The van der Waals surface area contributed by atoms with Gasteiger partial charge in [-0.2, -0.15) is 0 Å². The van der Waals surface area contributed by atoms with Gasteiger partial charge in [-0.3, -0.25) is 0 Å². The monoisotopic (exact) mass is 283 g/mol. The predicted molar refractivity (Wildman–Crippen MR) is 81.4 cm³/mol. The van der Waals surface area contributed by atoms with Crippen LogP contribution in [0.2, 0.25) is 0 Å². The Morgan fingerprint density at radius 3 is 2.90 bits per heavy atom. The summed E-state index contributed by atoms with van der Waals surface area (Å²) in [4.78, 5) is 4.15. The fraction of sp³-hybridized carbons (Fsp3) is 0.267. The molecule has 0 aliphatic rings. The molecule has 1 aromatic carbocycles. The van der Waals surface area contributed by atoms with Crippen molar-refractivity contribution in [3.05, 3.63) is 42.6 Å². The van der Waals surface area contributed by atoms with Gasteiger partial charge in [-0.15, -0.1) is 5.10 Å². The van der Waals surface area contributed by atoms with E-state index in [1.165, 1.54) is 0 Å². The van der Waals surface area contributed by atoms with E-state index in [-0.39, 0.29) is 0 Å². The minimum atomic E-state index is 0.620. The molecule has 0 aliphatic heterocycles. The van der Waals surface area contributed by atoms with Gasteiger partial charge < -0.3 is 10.1 Å². The van der Waals surface area contributed by atoms with Gasteiger partial charge in [0.05, 0.1) is 24.5 Å². The second-order valence-electron chi connectivity index (χ2n) is 4.67. The second kappa shape index (κ2) is 6.21. The van der Waals surface area contributed by atoms with Crippen LogP contribution in [0.3, 0.4) is 0 Å². The number of benzene rings is 1. The molecule has 0 amide bonds. The molecule has 2 heterocycles. The van der Waals surface area contributed by atoms with E-state index in [4.69, 9.17) is 4.74 Å². The lowest BCUT2D eigenvalue weighted by molar-refractivity contribution is 0.398. The van der Waals surface area contributed by atoms with Gasteiger partial charge in [0, 0.05) is 19.2 Å². The molecule has 0 fully saturated rings. The maximum atomic E-state index is 5.03. The summed E-state index contributed by atoms with van der Waals surface area (Å²) in [5, 5.41) is 11.6. The Morgan fingerprint density at radius 2 is 2.10 bits per heavy atom. The SMILES string of the molecule is COc1ccc(NCCCn2nnc3ccccc32)cn1. The molecule has 0 unspecified atom stereocenters. The van der Waals surface area contributed by atoms with Crippen molar-refractivity contribution < 1.29 is 4.74 Å². The van der Waals surface area contributed by atoms with Crippen LogP contribution in [0.5, 0.6) is 5.88 Å². The molecule has 0 saturated carbocycles. The summed E-state index contributed by atoms with van der Waals surface area (Å²) in [6, 6.07) is 11.8. The minimum Gasteiger partial charge on any atom is -0.481 e. The van der Waals surface area contributed by atoms with Gasteiger partial charge in [0.2, 0.25) is 5.88 Å². The Balaban J connectivity index is 1.51. The fourth-order valence-electron chi connectivity index (χ4n) is 2.15. The number of pyridine rings is 1. The maximum absolute atomic E-state index is 5.03. The molecule has 1 N–H and O–H groups in total. The standard InChI is InChI=1S/C15H17N5O/c1-21-15-8-7-12(11-17-15)16-9-4-10-20-14-6-3-2-5-13(14)18-19-20/h2-3,5-8,11,16H,4,9-10H2,1H3. The first-order valence-electron chi connectivity index (χ1n) is 6.89. The summed E-state index contributed by atoms with van der Waals surface area (Å²) in [7, 11) is 1.61. The van der Waals surface area contributed by atoms with E-state index in [2.05, 4.69) is 20.6 Å². The number of nitrogens with one attached hydrogen (secondary N) is 1. The fourth-order valence-corrected chi connectivity index (χ4v) is 2.15. The molecule has 21 heavy (non-hydrogen) atoms. The quantitative estimate of drug-likeness (QED) is 0.703. The van der Waals surface area contributed by atoms with Crippen LogP contribution in [0.15, 0.2) is 42.6 Å². The number of ether oxygens (including phenoxy) is 1. The molecule has 0 spiro atoms. The number of anilines is 1. The third-order valence-corrected chi connectivity index (χ3v) is 3.24. The smallest absolute Gasteiger partial charge is 0.213 e. The second-order valence-corrected chi connectivity index (χ2v) is 4.67. The third-order valence-electron chi connectivity index (χ3n) is 3.24. The molecule has 2 aromatic heterocycles. The van der Waals surface area contributed by atoms with E-state index in [1.54, 1.807) is 13.3 Å². The van der Waals surface area contributed by atoms with Crippen LogP contribution in [0.4, 0.5) is 5.69 Å². The first-order valence-corrected chi connectivity index (χ1v) is 6.89. The van der Waals surface area contributed by atoms with E-state index < -0.39 is 0 Å². The van der Waals surface area contributed by atoms with Crippen LogP contribution < -0.4 is 10.1 Å². The molecule has 3 rings (SSSR count). The number of methoxy groups -OCH3 is 1. The van der Waals surface area contributed by atoms with Crippen molar-refractivity contribution in [2.24, 2.45) is 0 Å². The number of hydrogen-bond acceptors (Lipinski definition) is 5. The van der Waals surface area contributed by atoms with Crippen molar-refractivity contribution in [1.82, 2.24) is 20.0 Å². The van der Waals surface area contributed by atoms with Crippen molar-refractivity contribution >= 4 is 16.7 Å². The number of nitrogens with zero attached hydrogens (tertiary/aromatic N) is 4. The number of rotatable bonds is 6. The van der Waals surface area contributed by atoms with Crippen LogP contribution in [0.1, 0.15) is 6.42 Å². The van der Waals surface area contributed by atoms with E-state index in [0.717, 1.165) is 36.2 Å². The zero-order valence-electron chi connectivity index (χ0n) is 11.9. The minimum absolute atomic E-state index is 0.620. The zero-order valence-corrected chi connectivity index (χ0v) is 11.9. The normalized spacial score (nSPS) is 10.7. The van der Waals surface area contributed by atoms with Gasteiger partial charge in [-0.1, -0.05) is 17.3 Å². The van der Waals surface area contributed by atoms with Crippen molar-refractivity contribution in [3.8, 4) is 5.88 Å². The summed E-state index contributed by atoms with van der Waals surface area (Å²) < 4.78 is 6.96. The van der Waals surface area contributed by atoms with Gasteiger partial charge in [-0.05, 0) is 24.6 Å². The average molecular weight is 283 g/mol. The van der Waals surface area contributed by atoms with E-state index >= 15 is 0 Å². The van der Waals surface area contributed by atoms with Crippen LogP contribution in [0.25, 0.3) is 11.0 Å². The molecule has 108 valence electrons. The zero-order chi connectivity index (χ0) is 14.5. The van der Waals surface area contributed by atoms with Crippen LogP contribution in [-0.4, -0.2) is 33.6 Å². The van der Waals surface area contributed by atoms with Gasteiger partial charge in [0.25, 0.3) is 0 Å². The van der Waals surface area contributed by atoms with Gasteiger partial charge in [-0.25, -0.2) is 9.67 Å². The molecule has 6 heteroatoms. The van der Waals surface area contributed by atoms with Crippen molar-refractivity contribution in [2.75, 3.05) is 19.0 Å². The molecular formula is C15H17N5O. The molecule has 6 nitrogen and oxygen atoms in total. The van der Waals surface area contributed by atoms with Crippen molar-refractivity contribution in [3.63, 3.8) is 0 Å². The summed E-state index contributed by atoms with van der Waals surface area (Å²) in [6.45, 7) is 1.68. The molecule has 0 aliphatic carbocycles. The Morgan fingerprint density at radius 1 is 1.19 bits per heavy atom. The number of aromatic nitrogens is 4. The first-order chi connectivity index (χ1) is 10.4. The predicted octanol–water partition coefficient (Wildman–Crippen LogP) is 2.34. The van der Waals surface area contributed by atoms with E-state index in [0.29, 0.717) is 5.88 Å². The largest absolute Gasteiger partial charge is 0.481 e. The highest BCUT2D eigenvalue weighted by molar-refractivity contribution is 5.73. The highest BCUT2D eigenvalue weighted by Gasteiger charge is 2.02. The Kier molecular flexibility index (Phi) is 3.95. The molecular weight excluding hydrogens is 266 g/mol. The summed E-state index contributed by atoms with van der Waals surface area (Å²) in [5.74, 6) is 0.620. The Labute approximate surface area is 122 Å². The lowest BCUT2D eigenvalue weighted by Gasteiger charge is -2.07. The molecule has 0 atom stereocenters. The van der Waals surface area contributed by atoms with E-state index in [9.17, 15) is 0 Å². The Bertz CT molecular complexity index is 707. The number of fused-ring (bicyclic) bond motifs is 1. The third kappa shape index (κ3) is 3.10. The summed E-state index contributed by atoms with van der Waals surface area (Å²) >= 11 is 0. The highest BCUT2D eigenvalue weighted by Crippen LogP contribution is 2.12. The average Bonchev–Trinajstić information content (AvgIpc) is 2.95. The number of aryl methyl sites for hydroxylation is 1. The molecule has 0 radical (unpaired) electrons. The number of hydrogen-bond donors (Lipinski definition) is 1. The number of para-hydroxylation sites is 1.